The van der Waals surface area contributed by atoms with E-state index in [9.17, 15) is 4.79 Å². The van der Waals surface area contributed by atoms with E-state index >= 15 is 0 Å². The predicted molar refractivity (Wildman–Crippen MR) is 87.1 cm³/mol. The SMILES string of the molecule is COOC(=O)c1cn(CC23CCN(CC2)CC3)c2ccccc12. The van der Waals surface area contributed by atoms with E-state index < -0.39 is 5.97 Å². The lowest BCUT2D eigenvalue weighted by molar-refractivity contribution is -0.216. The van der Waals surface area contributed by atoms with Crippen LogP contribution in [0.25, 0.3) is 10.9 Å². The third kappa shape index (κ3) is 2.54. The van der Waals surface area contributed by atoms with Gasteiger partial charge in [0.15, 0.2) is 0 Å². The fourth-order valence-corrected chi connectivity index (χ4v) is 4.16. The number of hydrogen-bond donors (Lipinski definition) is 0. The Labute approximate surface area is 135 Å². The monoisotopic (exact) mass is 314 g/mol. The van der Waals surface area contributed by atoms with Gasteiger partial charge in [-0.1, -0.05) is 18.2 Å². The number of carbonyl (C=O) groups excluding carboxylic acids is 1. The molecule has 3 aliphatic rings. The Morgan fingerprint density at radius 3 is 2.57 bits per heavy atom. The van der Waals surface area contributed by atoms with Gasteiger partial charge in [-0.2, -0.15) is 4.89 Å². The van der Waals surface area contributed by atoms with Gasteiger partial charge in [-0.15, -0.1) is 0 Å². The van der Waals surface area contributed by atoms with Crippen LogP contribution in [-0.4, -0.2) is 42.2 Å². The number of fused-ring (bicyclic) bond motifs is 4. The molecule has 2 aromatic rings. The summed E-state index contributed by atoms with van der Waals surface area (Å²) in [7, 11) is 1.35. The largest absolute Gasteiger partial charge is 0.375 e. The van der Waals surface area contributed by atoms with Crippen molar-refractivity contribution in [2.45, 2.75) is 25.8 Å². The summed E-state index contributed by atoms with van der Waals surface area (Å²) in [4.78, 5) is 24.0. The molecule has 5 heteroatoms. The Bertz CT molecular complexity index is 715. The van der Waals surface area contributed by atoms with Crippen LogP contribution < -0.4 is 0 Å². The van der Waals surface area contributed by atoms with Gasteiger partial charge >= 0.3 is 5.97 Å². The molecule has 0 unspecified atom stereocenters. The first-order valence-corrected chi connectivity index (χ1v) is 8.26. The molecule has 0 aliphatic carbocycles. The summed E-state index contributed by atoms with van der Waals surface area (Å²) >= 11 is 0. The maximum absolute atomic E-state index is 12.2. The van der Waals surface area contributed by atoms with E-state index in [4.69, 9.17) is 4.89 Å². The molecule has 2 bridgehead atoms. The number of carbonyl (C=O) groups is 1. The lowest BCUT2D eigenvalue weighted by atomic mass is 9.72. The fourth-order valence-electron chi connectivity index (χ4n) is 4.16. The molecule has 5 nitrogen and oxygen atoms in total. The zero-order chi connectivity index (χ0) is 15.9. The van der Waals surface area contributed by atoms with Gasteiger partial charge in [-0.25, -0.2) is 4.79 Å². The third-order valence-electron chi connectivity index (χ3n) is 5.55. The minimum atomic E-state index is -0.432. The second-order valence-corrected chi connectivity index (χ2v) is 6.82. The standard InChI is InChI=1S/C18H22N2O3/c1-22-23-17(21)15-12-20(16-5-3-2-4-14(15)16)13-18-6-9-19(10-7-18)11-8-18/h2-5,12H,6-11,13H2,1H3. The Hall–Kier alpha value is -1.85. The second kappa shape index (κ2) is 5.65. The summed E-state index contributed by atoms with van der Waals surface area (Å²) in [5.74, 6) is -0.432. The highest BCUT2D eigenvalue weighted by Gasteiger charge is 2.39. The van der Waals surface area contributed by atoms with Crippen LogP contribution in [0.1, 0.15) is 29.6 Å². The van der Waals surface area contributed by atoms with Crippen LogP contribution in [-0.2, 0) is 16.3 Å². The average Bonchev–Trinajstić information content (AvgIpc) is 2.95. The fraction of sp³-hybridized carbons (Fsp3) is 0.500. The summed E-state index contributed by atoms with van der Waals surface area (Å²) in [6, 6.07) is 8.02. The van der Waals surface area contributed by atoms with Gasteiger partial charge in [0.25, 0.3) is 0 Å². The van der Waals surface area contributed by atoms with Gasteiger partial charge < -0.3 is 9.47 Å². The van der Waals surface area contributed by atoms with Crippen LogP contribution in [0, 0.1) is 5.41 Å². The number of aromatic nitrogens is 1. The van der Waals surface area contributed by atoms with E-state index in [0.717, 1.165) is 17.4 Å². The van der Waals surface area contributed by atoms with Crippen molar-refractivity contribution < 1.29 is 14.6 Å². The molecule has 4 heterocycles. The van der Waals surface area contributed by atoms with E-state index in [0.29, 0.717) is 11.0 Å². The second-order valence-electron chi connectivity index (χ2n) is 6.82. The number of hydrogen-bond acceptors (Lipinski definition) is 4. The van der Waals surface area contributed by atoms with Gasteiger partial charge in [-0.05, 0) is 50.4 Å². The Morgan fingerprint density at radius 2 is 1.87 bits per heavy atom. The Morgan fingerprint density at radius 1 is 1.17 bits per heavy atom. The van der Waals surface area contributed by atoms with Crippen LogP contribution in [0.2, 0.25) is 0 Å². The van der Waals surface area contributed by atoms with Crippen molar-refractivity contribution in [2.75, 3.05) is 26.7 Å². The maximum atomic E-state index is 12.2. The van der Waals surface area contributed by atoms with E-state index in [1.54, 1.807) is 0 Å². The van der Waals surface area contributed by atoms with Crippen LogP contribution in [0.4, 0.5) is 0 Å². The first-order valence-electron chi connectivity index (χ1n) is 8.26. The molecule has 3 aliphatic heterocycles. The molecular formula is C18H22N2O3. The van der Waals surface area contributed by atoms with Crippen molar-refractivity contribution in [2.24, 2.45) is 5.41 Å². The lowest BCUT2D eigenvalue weighted by Gasteiger charge is -2.48. The highest BCUT2D eigenvalue weighted by molar-refractivity contribution is 6.04. The number of nitrogens with zero attached hydrogens (tertiary/aromatic N) is 2. The van der Waals surface area contributed by atoms with E-state index in [1.165, 1.54) is 46.0 Å². The van der Waals surface area contributed by atoms with Crippen molar-refractivity contribution in [1.29, 1.82) is 0 Å². The molecular weight excluding hydrogens is 292 g/mol. The molecule has 5 rings (SSSR count). The van der Waals surface area contributed by atoms with Gasteiger partial charge in [0.05, 0.1) is 12.7 Å². The van der Waals surface area contributed by atoms with Crippen molar-refractivity contribution in [3.63, 3.8) is 0 Å². The zero-order valence-corrected chi connectivity index (χ0v) is 13.5. The van der Waals surface area contributed by atoms with E-state index in [-0.39, 0.29) is 0 Å². The van der Waals surface area contributed by atoms with Crippen LogP contribution in [0.5, 0.6) is 0 Å². The lowest BCUT2D eigenvalue weighted by Crippen LogP contribution is -2.49. The normalized spacial score (nSPS) is 26.6. The molecule has 0 amide bonds. The molecule has 3 fully saturated rings. The smallest absolute Gasteiger partial charge is 0.346 e. The minimum absolute atomic E-state index is 0.374. The Kier molecular flexibility index (Phi) is 3.62. The predicted octanol–water partition coefficient (Wildman–Crippen LogP) is 2.85. The summed E-state index contributed by atoms with van der Waals surface area (Å²) < 4.78 is 2.24. The minimum Gasteiger partial charge on any atom is -0.346 e. The first-order chi connectivity index (χ1) is 11.2. The Balaban J connectivity index is 1.71. The topological polar surface area (TPSA) is 43.7 Å². The van der Waals surface area contributed by atoms with E-state index in [1.807, 2.05) is 24.4 Å². The molecule has 0 radical (unpaired) electrons. The molecule has 0 N–H and O–H groups in total. The van der Waals surface area contributed by atoms with Crippen molar-refractivity contribution in [1.82, 2.24) is 9.47 Å². The average molecular weight is 314 g/mol. The molecule has 3 saturated heterocycles. The molecule has 0 spiro atoms. The highest BCUT2D eigenvalue weighted by atomic mass is 17.2. The molecule has 122 valence electrons. The molecule has 1 aromatic heterocycles. The van der Waals surface area contributed by atoms with Crippen LogP contribution in [0.15, 0.2) is 30.5 Å². The number of rotatable bonds is 4. The molecule has 1 aromatic carbocycles. The van der Waals surface area contributed by atoms with Crippen molar-refractivity contribution in [3.05, 3.63) is 36.0 Å². The van der Waals surface area contributed by atoms with Crippen molar-refractivity contribution >= 4 is 16.9 Å². The summed E-state index contributed by atoms with van der Waals surface area (Å²) in [5.41, 5.74) is 2.05. The third-order valence-corrected chi connectivity index (χ3v) is 5.55. The summed E-state index contributed by atoms with van der Waals surface area (Å²) in [5, 5.41) is 0.930. The van der Waals surface area contributed by atoms with Crippen molar-refractivity contribution in [3.8, 4) is 0 Å². The van der Waals surface area contributed by atoms with Gasteiger partial charge in [-0.3, -0.25) is 4.89 Å². The van der Waals surface area contributed by atoms with Gasteiger partial charge in [0.1, 0.15) is 0 Å². The summed E-state index contributed by atoms with van der Waals surface area (Å²) in [6.07, 6.45) is 5.67. The van der Waals surface area contributed by atoms with E-state index in [2.05, 4.69) is 20.4 Å². The molecule has 23 heavy (non-hydrogen) atoms. The van der Waals surface area contributed by atoms with Crippen LogP contribution >= 0.6 is 0 Å². The summed E-state index contributed by atoms with van der Waals surface area (Å²) in [6.45, 7) is 4.59. The number of para-hydroxylation sites is 1. The quantitative estimate of drug-likeness (QED) is 0.643. The first kappa shape index (κ1) is 14.7. The molecule has 0 atom stereocenters. The highest BCUT2D eigenvalue weighted by Crippen LogP contribution is 2.42. The number of piperidine rings is 3. The zero-order valence-electron chi connectivity index (χ0n) is 13.5. The molecule has 0 saturated carbocycles. The maximum Gasteiger partial charge on any atom is 0.375 e. The van der Waals surface area contributed by atoms with Gasteiger partial charge in [0.2, 0.25) is 0 Å². The van der Waals surface area contributed by atoms with Crippen LogP contribution in [0.3, 0.4) is 0 Å². The number of benzene rings is 1. The van der Waals surface area contributed by atoms with Gasteiger partial charge in [0, 0.05) is 23.6 Å².